The third kappa shape index (κ3) is 4.02. The van der Waals surface area contributed by atoms with Crippen molar-refractivity contribution in [3.63, 3.8) is 0 Å². The Labute approximate surface area is 138 Å². The summed E-state index contributed by atoms with van der Waals surface area (Å²) < 4.78 is 13.6. The molecule has 2 aliphatic rings. The predicted molar refractivity (Wildman–Crippen MR) is 91.0 cm³/mol. The van der Waals surface area contributed by atoms with Crippen LogP contribution in [0.2, 0.25) is 5.02 Å². The van der Waals surface area contributed by atoms with Crippen LogP contribution in [-0.4, -0.2) is 12.6 Å². The average Bonchev–Trinajstić information content (AvgIpc) is 3.04. The Morgan fingerprint density at radius 2 is 1.77 bits per heavy atom. The highest BCUT2D eigenvalue weighted by Gasteiger charge is 2.24. The van der Waals surface area contributed by atoms with Gasteiger partial charge in [-0.15, -0.1) is 0 Å². The molecule has 0 atom stereocenters. The van der Waals surface area contributed by atoms with Crippen molar-refractivity contribution in [1.29, 1.82) is 0 Å². The summed E-state index contributed by atoms with van der Waals surface area (Å²) in [5.41, 5.74) is 1.02. The van der Waals surface area contributed by atoms with Crippen LogP contribution in [0.3, 0.4) is 0 Å². The maximum atomic E-state index is 13.6. The van der Waals surface area contributed by atoms with Crippen molar-refractivity contribution in [3.05, 3.63) is 34.6 Å². The molecule has 22 heavy (non-hydrogen) atoms. The van der Waals surface area contributed by atoms with Gasteiger partial charge in [0.25, 0.3) is 0 Å². The number of benzene rings is 1. The molecular weight excluding hydrogens is 297 g/mol. The average molecular weight is 324 g/mol. The fraction of sp³-hybridized carbons (Fsp3) is 0.684. The summed E-state index contributed by atoms with van der Waals surface area (Å²) >= 11 is 6.13. The van der Waals surface area contributed by atoms with Crippen molar-refractivity contribution in [2.75, 3.05) is 6.54 Å². The van der Waals surface area contributed by atoms with E-state index in [1.807, 2.05) is 6.07 Å². The Morgan fingerprint density at radius 3 is 2.50 bits per heavy atom. The highest BCUT2D eigenvalue weighted by Crippen LogP contribution is 2.40. The Balaban J connectivity index is 1.43. The van der Waals surface area contributed by atoms with Crippen molar-refractivity contribution in [2.45, 2.75) is 69.7 Å². The third-order valence-corrected chi connectivity index (χ3v) is 6.01. The Kier molecular flexibility index (Phi) is 5.76. The lowest BCUT2D eigenvalue weighted by Gasteiger charge is -2.29. The van der Waals surface area contributed by atoms with Gasteiger partial charge in [-0.05, 0) is 75.0 Å². The molecule has 0 amide bonds. The van der Waals surface area contributed by atoms with E-state index in [0.717, 1.165) is 30.4 Å². The molecule has 3 rings (SSSR count). The Bertz CT molecular complexity index is 476. The molecule has 0 heterocycles. The van der Waals surface area contributed by atoms with E-state index in [4.69, 9.17) is 11.6 Å². The molecule has 2 saturated carbocycles. The normalized spacial score (nSPS) is 26.5. The minimum atomic E-state index is -0.276. The zero-order valence-corrected chi connectivity index (χ0v) is 14.0. The molecule has 0 aromatic heterocycles. The van der Waals surface area contributed by atoms with E-state index in [-0.39, 0.29) is 5.82 Å². The molecule has 0 radical (unpaired) electrons. The van der Waals surface area contributed by atoms with Crippen molar-refractivity contribution in [3.8, 4) is 0 Å². The van der Waals surface area contributed by atoms with Gasteiger partial charge in [-0.3, -0.25) is 0 Å². The fourth-order valence-electron chi connectivity index (χ4n) is 4.22. The van der Waals surface area contributed by atoms with Gasteiger partial charge in [-0.25, -0.2) is 4.39 Å². The first-order valence-electron chi connectivity index (χ1n) is 8.91. The standard InChI is InChI=1S/C19H27ClFN/c20-19-17(6-3-7-18(19)21)15-10-8-14(9-11-15)12-13-22-16-4-1-2-5-16/h3,6-7,14-16,22H,1-2,4-5,8-13H2. The Hall–Kier alpha value is -0.600. The van der Waals surface area contributed by atoms with Crippen LogP contribution in [0.25, 0.3) is 0 Å². The Morgan fingerprint density at radius 1 is 1.05 bits per heavy atom. The van der Waals surface area contributed by atoms with Crippen molar-refractivity contribution in [2.24, 2.45) is 5.92 Å². The molecule has 1 aromatic rings. The minimum absolute atomic E-state index is 0.276. The first-order chi connectivity index (χ1) is 10.7. The molecule has 2 fully saturated rings. The van der Waals surface area contributed by atoms with E-state index in [1.54, 1.807) is 6.07 Å². The van der Waals surface area contributed by atoms with E-state index in [9.17, 15) is 4.39 Å². The van der Waals surface area contributed by atoms with Gasteiger partial charge >= 0.3 is 0 Å². The summed E-state index contributed by atoms with van der Waals surface area (Å²) in [5.74, 6) is 1.00. The summed E-state index contributed by atoms with van der Waals surface area (Å²) in [6, 6.07) is 6.01. The lowest BCUT2D eigenvalue weighted by Crippen LogP contribution is -2.28. The molecule has 1 nitrogen and oxygen atoms in total. The second-order valence-electron chi connectivity index (χ2n) is 7.08. The van der Waals surface area contributed by atoms with E-state index in [1.165, 1.54) is 57.6 Å². The monoisotopic (exact) mass is 323 g/mol. The van der Waals surface area contributed by atoms with E-state index >= 15 is 0 Å². The summed E-state index contributed by atoms with van der Waals surface area (Å²) in [6.45, 7) is 1.17. The summed E-state index contributed by atoms with van der Waals surface area (Å²) in [4.78, 5) is 0. The second-order valence-corrected chi connectivity index (χ2v) is 7.46. The predicted octanol–water partition coefficient (Wildman–Crippen LogP) is 5.68. The smallest absolute Gasteiger partial charge is 0.142 e. The lowest BCUT2D eigenvalue weighted by molar-refractivity contribution is 0.302. The SMILES string of the molecule is Fc1cccc(C2CCC(CCNC3CCCC3)CC2)c1Cl. The van der Waals surface area contributed by atoms with Gasteiger partial charge < -0.3 is 5.32 Å². The molecule has 0 bridgehead atoms. The molecule has 3 heteroatoms. The zero-order valence-electron chi connectivity index (χ0n) is 13.3. The molecule has 0 spiro atoms. The summed E-state index contributed by atoms with van der Waals surface area (Å²) in [6.07, 6.45) is 11.6. The molecule has 1 N–H and O–H groups in total. The molecule has 122 valence electrons. The van der Waals surface area contributed by atoms with Crippen molar-refractivity contribution in [1.82, 2.24) is 5.32 Å². The van der Waals surface area contributed by atoms with Crippen LogP contribution < -0.4 is 5.32 Å². The van der Waals surface area contributed by atoms with Crippen LogP contribution in [0, 0.1) is 11.7 Å². The lowest BCUT2D eigenvalue weighted by atomic mass is 9.77. The first kappa shape index (κ1) is 16.3. The van der Waals surface area contributed by atoms with Crippen LogP contribution in [0.5, 0.6) is 0 Å². The molecule has 0 unspecified atom stereocenters. The number of halogens is 2. The number of hydrogen-bond donors (Lipinski definition) is 1. The van der Waals surface area contributed by atoms with E-state index in [2.05, 4.69) is 5.32 Å². The van der Waals surface area contributed by atoms with Gasteiger partial charge in [-0.2, -0.15) is 0 Å². The highest BCUT2D eigenvalue weighted by atomic mass is 35.5. The molecule has 2 aliphatic carbocycles. The van der Waals surface area contributed by atoms with Gasteiger partial charge in [0.15, 0.2) is 0 Å². The molecule has 1 aromatic carbocycles. The summed E-state index contributed by atoms with van der Waals surface area (Å²) in [7, 11) is 0. The van der Waals surface area contributed by atoms with Crippen molar-refractivity contribution < 1.29 is 4.39 Å². The van der Waals surface area contributed by atoms with Gasteiger partial charge in [0.2, 0.25) is 0 Å². The van der Waals surface area contributed by atoms with Gasteiger partial charge in [0.05, 0.1) is 5.02 Å². The molecule has 0 saturated heterocycles. The summed E-state index contributed by atoms with van der Waals surface area (Å²) in [5, 5.41) is 4.06. The topological polar surface area (TPSA) is 12.0 Å². The quantitative estimate of drug-likeness (QED) is 0.735. The van der Waals surface area contributed by atoms with Crippen LogP contribution in [0.4, 0.5) is 4.39 Å². The maximum Gasteiger partial charge on any atom is 0.142 e. The largest absolute Gasteiger partial charge is 0.314 e. The van der Waals surface area contributed by atoms with Gasteiger partial charge in [0, 0.05) is 6.04 Å². The maximum absolute atomic E-state index is 13.6. The zero-order chi connectivity index (χ0) is 15.4. The fourth-order valence-corrected chi connectivity index (χ4v) is 4.50. The first-order valence-corrected chi connectivity index (χ1v) is 9.29. The minimum Gasteiger partial charge on any atom is -0.314 e. The number of rotatable bonds is 5. The van der Waals surface area contributed by atoms with Gasteiger partial charge in [-0.1, -0.05) is 36.6 Å². The molecule has 0 aliphatic heterocycles. The van der Waals surface area contributed by atoms with Crippen LogP contribution >= 0.6 is 11.6 Å². The van der Waals surface area contributed by atoms with Crippen molar-refractivity contribution >= 4 is 11.6 Å². The van der Waals surface area contributed by atoms with E-state index in [0.29, 0.717) is 10.9 Å². The van der Waals surface area contributed by atoms with E-state index < -0.39 is 0 Å². The van der Waals surface area contributed by atoms with Gasteiger partial charge in [0.1, 0.15) is 5.82 Å². The third-order valence-electron chi connectivity index (χ3n) is 5.61. The van der Waals surface area contributed by atoms with Crippen LogP contribution in [0.15, 0.2) is 18.2 Å². The second kappa shape index (κ2) is 7.79. The highest BCUT2D eigenvalue weighted by molar-refractivity contribution is 6.31. The van der Waals surface area contributed by atoms with Crippen LogP contribution in [0.1, 0.15) is 69.3 Å². The number of nitrogens with one attached hydrogen (secondary N) is 1. The van der Waals surface area contributed by atoms with Crippen LogP contribution in [-0.2, 0) is 0 Å². The molecular formula is C19H27ClFN. The number of hydrogen-bond acceptors (Lipinski definition) is 1.